The summed E-state index contributed by atoms with van der Waals surface area (Å²) in [5, 5.41) is 7.33. The maximum atomic E-state index is 5.31. The van der Waals surface area contributed by atoms with E-state index in [2.05, 4.69) is 53.6 Å². The smallest absolute Gasteiger partial charge is 0.230 e. The van der Waals surface area contributed by atoms with E-state index in [1.54, 1.807) is 0 Å². The van der Waals surface area contributed by atoms with Crippen LogP contribution in [0.2, 0.25) is 0 Å². The number of nitrogens with one attached hydrogen (secondary N) is 1. The predicted molar refractivity (Wildman–Crippen MR) is 75.1 cm³/mol. The quantitative estimate of drug-likeness (QED) is 0.830. The lowest BCUT2D eigenvalue weighted by atomic mass is 10.1. The van der Waals surface area contributed by atoms with Gasteiger partial charge in [0.2, 0.25) is 5.89 Å². The lowest BCUT2D eigenvalue weighted by Gasteiger charge is -2.05. The van der Waals surface area contributed by atoms with Gasteiger partial charge in [-0.15, -0.1) is 0 Å². The highest BCUT2D eigenvalue weighted by molar-refractivity contribution is 5.15. The third kappa shape index (κ3) is 4.17. The maximum absolute atomic E-state index is 5.31. The van der Waals surface area contributed by atoms with E-state index in [0.29, 0.717) is 0 Å². The van der Waals surface area contributed by atoms with Crippen LogP contribution in [0.3, 0.4) is 0 Å². The molecule has 0 amide bonds. The van der Waals surface area contributed by atoms with Crippen molar-refractivity contribution in [2.24, 2.45) is 0 Å². The minimum absolute atomic E-state index is 0.262. The summed E-state index contributed by atoms with van der Waals surface area (Å²) in [4.78, 5) is 4.46. The average Bonchev–Trinajstić information content (AvgIpc) is 2.92. The molecule has 102 valence electrons. The molecule has 1 atom stereocenters. The monoisotopic (exact) mass is 259 g/mol. The number of hydrogen-bond donors (Lipinski definition) is 1. The van der Waals surface area contributed by atoms with Crippen molar-refractivity contribution in [3.63, 3.8) is 0 Å². The average molecular weight is 259 g/mol. The molecule has 1 aromatic carbocycles. The summed E-state index contributed by atoms with van der Waals surface area (Å²) in [5.74, 6) is 1.78. The lowest BCUT2D eigenvalue weighted by molar-refractivity contribution is 0.351. The summed E-state index contributed by atoms with van der Waals surface area (Å²) in [5.41, 5.74) is 1.30. The molecule has 0 aliphatic rings. The van der Waals surface area contributed by atoms with E-state index in [1.165, 1.54) is 5.56 Å². The minimum atomic E-state index is 0.262. The fourth-order valence-electron chi connectivity index (χ4n) is 1.92. The van der Waals surface area contributed by atoms with Gasteiger partial charge in [-0.25, -0.2) is 0 Å². The molecule has 0 saturated heterocycles. The van der Waals surface area contributed by atoms with E-state index in [0.717, 1.165) is 37.6 Å². The predicted octanol–water partition coefficient (Wildman–Crippen LogP) is 2.57. The Balaban J connectivity index is 1.87. The van der Waals surface area contributed by atoms with E-state index in [1.807, 2.05) is 6.07 Å². The zero-order valence-electron chi connectivity index (χ0n) is 11.6. The van der Waals surface area contributed by atoms with Gasteiger partial charge in [0.15, 0.2) is 5.82 Å². The zero-order chi connectivity index (χ0) is 13.5. The molecule has 0 bridgehead atoms. The fraction of sp³-hybridized carbons (Fsp3) is 0.467. The Labute approximate surface area is 114 Å². The summed E-state index contributed by atoms with van der Waals surface area (Å²) >= 11 is 0. The number of nitrogens with zero attached hydrogens (tertiary/aromatic N) is 2. The van der Waals surface area contributed by atoms with Crippen LogP contribution in [-0.2, 0) is 12.8 Å². The fourth-order valence-corrected chi connectivity index (χ4v) is 1.92. The Morgan fingerprint density at radius 1 is 1.21 bits per heavy atom. The van der Waals surface area contributed by atoms with E-state index in [9.17, 15) is 0 Å². The molecular weight excluding hydrogens is 238 g/mol. The van der Waals surface area contributed by atoms with E-state index >= 15 is 0 Å². The third-order valence-corrected chi connectivity index (χ3v) is 3.09. The van der Waals surface area contributed by atoms with Gasteiger partial charge >= 0.3 is 0 Å². The van der Waals surface area contributed by atoms with Crippen LogP contribution in [0.5, 0.6) is 0 Å². The molecule has 0 radical (unpaired) electrons. The largest absolute Gasteiger partial charge is 0.339 e. The molecule has 1 aromatic heterocycles. The van der Waals surface area contributed by atoms with Crippen molar-refractivity contribution in [2.45, 2.75) is 32.6 Å². The van der Waals surface area contributed by atoms with E-state index < -0.39 is 0 Å². The van der Waals surface area contributed by atoms with E-state index in [4.69, 9.17) is 4.52 Å². The molecule has 2 aromatic rings. The number of rotatable bonds is 7. The Morgan fingerprint density at radius 2 is 2.00 bits per heavy atom. The van der Waals surface area contributed by atoms with Crippen molar-refractivity contribution in [1.29, 1.82) is 0 Å². The summed E-state index contributed by atoms with van der Waals surface area (Å²) < 4.78 is 5.31. The van der Waals surface area contributed by atoms with Crippen LogP contribution in [0, 0.1) is 0 Å². The van der Waals surface area contributed by atoms with Gasteiger partial charge in [0, 0.05) is 18.9 Å². The highest BCUT2D eigenvalue weighted by atomic mass is 16.5. The second-order valence-electron chi connectivity index (χ2n) is 4.74. The minimum Gasteiger partial charge on any atom is -0.339 e. The maximum Gasteiger partial charge on any atom is 0.230 e. The van der Waals surface area contributed by atoms with Crippen molar-refractivity contribution >= 4 is 0 Å². The van der Waals surface area contributed by atoms with Gasteiger partial charge in [0.1, 0.15) is 0 Å². The summed E-state index contributed by atoms with van der Waals surface area (Å²) in [6, 6.07) is 10.4. The van der Waals surface area contributed by atoms with Crippen LogP contribution in [0.1, 0.15) is 37.0 Å². The summed E-state index contributed by atoms with van der Waals surface area (Å²) in [7, 11) is 0. The molecule has 0 fully saturated rings. The van der Waals surface area contributed by atoms with Gasteiger partial charge in [0.25, 0.3) is 0 Å². The first-order valence-corrected chi connectivity index (χ1v) is 6.86. The molecular formula is C15H21N3O. The van der Waals surface area contributed by atoms with Crippen LogP contribution in [0.4, 0.5) is 0 Å². The molecule has 0 aliphatic carbocycles. The number of aromatic nitrogens is 2. The van der Waals surface area contributed by atoms with Crippen LogP contribution < -0.4 is 5.32 Å². The van der Waals surface area contributed by atoms with Crippen molar-refractivity contribution in [1.82, 2.24) is 15.5 Å². The number of likely N-dealkylation sites (N-methyl/N-ethyl adjacent to an activating group) is 1. The Bertz CT molecular complexity index is 481. The van der Waals surface area contributed by atoms with Crippen molar-refractivity contribution < 1.29 is 4.52 Å². The Kier molecular flexibility index (Phi) is 5.10. The topological polar surface area (TPSA) is 51.0 Å². The van der Waals surface area contributed by atoms with Crippen molar-refractivity contribution in [3.05, 3.63) is 47.6 Å². The molecule has 4 heteroatoms. The summed E-state index contributed by atoms with van der Waals surface area (Å²) in [6.07, 6.45) is 1.77. The Morgan fingerprint density at radius 3 is 2.74 bits per heavy atom. The highest BCUT2D eigenvalue weighted by Crippen LogP contribution is 2.12. The van der Waals surface area contributed by atoms with Crippen LogP contribution >= 0.6 is 0 Å². The molecule has 1 unspecified atom stereocenters. The SMILES string of the molecule is CCNCC(C)c1nc(CCc2ccccc2)no1. The van der Waals surface area contributed by atoms with Gasteiger partial charge in [-0.1, -0.05) is 49.3 Å². The van der Waals surface area contributed by atoms with E-state index in [-0.39, 0.29) is 5.92 Å². The standard InChI is InChI=1S/C15H21N3O/c1-3-16-11-12(2)15-17-14(18-19-15)10-9-13-7-5-4-6-8-13/h4-8,12,16H,3,9-11H2,1-2H3. The number of aryl methyl sites for hydroxylation is 2. The first-order chi connectivity index (χ1) is 9.29. The molecule has 19 heavy (non-hydrogen) atoms. The molecule has 0 saturated carbocycles. The van der Waals surface area contributed by atoms with Gasteiger partial charge in [-0.05, 0) is 18.5 Å². The van der Waals surface area contributed by atoms with Crippen LogP contribution in [0.15, 0.2) is 34.9 Å². The molecule has 1 heterocycles. The van der Waals surface area contributed by atoms with Crippen LogP contribution in [0.25, 0.3) is 0 Å². The first-order valence-electron chi connectivity index (χ1n) is 6.86. The Hall–Kier alpha value is -1.68. The lowest BCUT2D eigenvalue weighted by Crippen LogP contribution is -2.19. The van der Waals surface area contributed by atoms with Gasteiger partial charge in [0.05, 0.1) is 0 Å². The van der Waals surface area contributed by atoms with Crippen molar-refractivity contribution in [3.8, 4) is 0 Å². The second kappa shape index (κ2) is 7.04. The summed E-state index contributed by atoms with van der Waals surface area (Å²) in [6.45, 7) is 6.01. The number of hydrogen-bond acceptors (Lipinski definition) is 4. The molecule has 0 spiro atoms. The second-order valence-corrected chi connectivity index (χ2v) is 4.74. The van der Waals surface area contributed by atoms with Crippen LogP contribution in [-0.4, -0.2) is 23.2 Å². The van der Waals surface area contributed by atoms with Gasteiger partial charge < -0.3 is 9.84 Å². The van der Waals surface area contributed by atoms with Gasteiger partial charge in [-0.3, -0.25) is 0 Å². The highest BCUT2D eigenvalue weighted by Gasteiger charge is 2.13. The first kappa shape index (κ1) is 13.7. The molecule has 4 nitrogen and oxygen atoms in total. The van der Waals surface area contributed by atoms with Gasteiger partial charge in [-0.2, -0.15) is 4.98 Å². The third-order valence-electron chi connectivity index (χ3n) is 3.09. The zero-order valence-corrected chi connectivity index (χ0v) is 11.6. The van der Waals surface area contributed by atoms with Crippen molar-refractivity contribution in [2.75, 3.05) is 13.1 Å². The molecule has 1 N–H and O–H groups in total. The number of benzene rings is 1. The molecule has 2 rings (SSSR count). The normalized spacial score (nSPS) is 12.5. The molecule has 0 aliphatic heterocycles.